The second-order valence-corrected chi connectivity index (χ2v) is 5.54. The standard InChI is InChI=1S/C16H23NO2/c1-12(2)16(18)17-14-9-6-10-15(14)19-11-13-7-4-3-5-8-13/h3-5,7-8,12,14-15H,6,9-11H2,1-2H3,(H,17,18). The lowest BCUT2D eigenvalue weighted by Gasteiger charge is -2.22. The van der Waals surface area contributed by atoms with Crippen molar-refractivity contribution in [2.75, 3.05) is 0 Å². The number of carbonyl (C=O) groups is 1. The quantitative estimate of drug-likeness (QED) is 0.885. The number of carbonyl (C=O) groups excluding carboxylic acids is 1. The second kappa shape index (κ2) is 6.71. The third-order valence-electron chi connectivity index (χ3n) is 3.61. The van der Waals surface area contributed by atoms with E-state index in [0.29, 0.717) is 6.61 Å². The summed E-state index contributed by atoms with van der Waals surface area (Å²) in [6, 6.07) is 10.4. The molecule has 0 saturated heterocycles. The Morgan fingerprint density at radius 3 is 2.74 bits per heavy atom. The molecule has 0 spiro atoms. The van der Waals surface area contributed by atoms with Gasteiger partial charge < -0.3 is 10.1 Å². The number of nitrogens with one attached hydrogen (secondary N) is 1. The van der Waals surface area contributed by atoms with Crippen molar-refractivity contribution in [2.45, 2.75) is 51.9 Å². The number of hydrogen-bond donors (Lipinski definition) is 1. The van der Waals surface area contributed by atoms with Gasteiger partial charge in [-0.1, -0.05) is 44.2 Å². The Balaban J connectivity index is 1.84. The number of rotatable bonds is 5. The van der Waals surface area contributed by atoms with E-state index in [1.54, 1.807) is 0 Å². The summed E-state index contributed by atoms with van der Waals surface area (Å²) in [5.41, 5.74) is 1.18. The molecule has 1 aromatic rings. The molecule has 1 saturated carbocycles. The Bertz CT molecular complexity index is 402. The minimum atomic E-state index is 0.0374. The zero-order valence-corrected chi connectivity index (χ0v) is 11.8. The maximum absolute atomic E-state index is 11.8. The van der Waals surface area contributed by atoms with Crippen LogP contribution in [-0.2, 0) is 16.1 Å². The molecular formula is C16H23NO2. The van der Waals surface area contributed by atoms with E-state index in [2.05, 4.69) is 17.4 Å². The molecule has 1 fully saturated rings. The third kappa shape index (κ3) is 4.06. The Hall–Kier alpha value is -1.35. The van der Waals surface area contributed by atoms with Crippen molar-refractivity contribution in [2.24, 2.45) is 5.92 Å². The lowest BCUT2D eigenvalue weighted by molar-refractivity contribution is -0.125. The van der Waals surface area contributed by atoms with Gasteiger partial charge in [0.25, 0.3) is 0 Å². The van der Waals surface area contributed by atoms with Crippen LogP contribution in [0.25, 0.3) is 0 Å². The van der Waals surface area contributed by atoms with E-state index < -0.39 is 0 Å². The molecule has 0 heterocycles. The lowest BCUT2D eigenvalue weighted by atomic mass is 10.1. The van der Waals surface area contributed by atoms with Gasteiger partial charge in [0.1, 0.15) is 0 Å². The molecule has 2 rings (SSSR count). The summed E-state index contributed by atoms with van der Waals surface area (Å²) in [6.07, 6.45) is 3.35. The molecule has 1 aliphatic rings. The molecule has 1 N–H and O–H groups in total. The van der Waals surface area contributed by atoms with Gasteiger partial charge in [-0.3, -0.25) is 4.79 Å². The third-order valence-corrected chi connectivity index (χ3v) is 3.61. The average molecular weight is 261 g/mol. The molecule has 104 valence electrons. The monoisotopic (exact) mass is 261 g/mol. The fraction of sp³-hybridized carbons (Fsp3) is 0.562. The average Bonchev–Trinajstić information content (AvgIpc) is 2.85. The van der Waals surface area contributed by atoms with Crippen molar-refractivity contribution in [3.8, 4) is 0 Å². The van der Waals surface area contributed by atoms with Gasteiger partial charge in [0.05, 0.1) is 18.8 Å². The van der Waals surface area contributed by atoms with Crippen LogP contribution in [0.3, 0.4) is 0 Å². The predicted octanol–water partition coefficient (Wildman–Crippen LogP) is 2.90. The molecule has 3 nitrogen and oxygen atoms in total. The van der Waals surface area contributed by atoms with Crippen LogP contribution < -0.4 is 5.32 Å². The van der Waals surface area contributed by atoms with Crippen molar-refractivity contribution >= 4 is 5.91 Å². The summed E-state index contributed by atoms with van der Waals surface area (Å²) < 4.78 is 5.97. The van der Waals surface area contributed by atoms with E-state index in [9.17, 15) is 4.79 Å². The van der Waals surface area contributed by atoms with Crippen molar-refractivity contribution in [1.29, 1.82) is 0 Å². The van der Waals surface area contributed by atoms with Crippen LogP contribution in [0.15, 0.2) is 30.3 Å². The van der Waals surface area contributed by atoms with Crippen molar-refractivity contribution < 1.29 is 9.53 Å². The van der Waals surface area contributed by atoms with Crippen LogP contribution in [-0.4, -0.2) is 18.1 Å². The first kappa shape index (κ1) is 14.1. The lowest BCUT2D eigenvalue weighted by Crippen LogP contribution is -2.42. The summed E-state index contributed by atoms with van der Waals surface area (Å²) in [5, 5.41) is 3.10. The number of amides is 1. The van der Waals surface area contributed by atoms with E-state index in [1.807, 2.05) is 32.0 Å². The number of benzene rings is 1. The summed E-state index contributed by atoms with van der Waals surface area (Å²) in [7, 11) is 0. The highest BCUT2D eigenvalue weighted by Gasteiger charge is 2.29. The fourth-order valence-corrected chi connectivity index (χ4v) is 2.42. The van der Waals surface area contributed by atoms with Crippen molar-refractivity contribution in [3.05, 3.63) is 35.9 Å². The number of hydrogen-bond acceptors (Lipinski definition) is 2. The van der Waals surface area contributed by atoms with Crippen LogP contribution in [0, 0.1) is 5.92 Å². The first-order valence-corrected chi connectivity index (χ1v) is 7.12. The van der Waals surface area contributed by atoms with E-state index in [0.717, 1.165) is 19.3 Å². The van der Waals surface area contributed by atoms with E-state index >= 15 is 0 Å². The van der Waals surface area contributed by atoms with Crippen LogP contribution >= 0.6 is 0 Å². The zero-order valence-electron chi connectivity index (χ0n) is 11.8. The smallest absolute Gasteiger partial charge is 0.222 e. The highest BCUT2D eigenvalue weighted by atomic mass is 16.5. The fourth-order valence-electron chi connectivity index (χ4n) is 2.42. The molecule has 2 unspecified atom stereocenters. The van der Waals surface area contributed by atoms with E-state index in [4.69, 9.17) is 4.74 Å². The second-order valence-electron chi connectivity index (χ2n) is 5.54. The molecule has 1 aromatic carbocycles. The summed E-state index contributed by atoms with van der Waals surface area (Å²) in [4.78, 5) is 11.8. The molecule has 1 aliphatic carbocycles. The molecule has 0 aromatic heterocycles. The Kier molecular flexibility index (Phi) is 4.97. The molecule has 3 heteroatoms. The van der Waals surface area contributed by atoms with E-state index in [-0.39, 0.29) is 24.0 Å². The number of ether oxygens (including phenoxy) is 1. The SMILES string of the molecule is CC(C)C(=O)NC1CCCC1OCc1ccccc1. The highest BCUT2D eigenvalue weighted by molar-refractivity contribution is 5.78. The summed E-state index contributed by atoms with van der Waals surface area (Å²) >= 11 is 0. The molecule has 2 atom stereocenters. The van der Waals surface area contributed by atoms with Crippen LogP contribution in [0.4, 0.5) is 0 Å². The van der Waals surface area contributed by atoms with Gasteiger partial charge >= 0.3 is 0 Å². The Morgan fingerprint density at radius 2 is 2.05 bits per heavy atom. The maximum atomic E-state index is 11.8. The molecule has 0 aliphatic heterocycles. The minimum absolute atomic E-state index is 0.0374. The van der Waals surface area contributed by atoms with Gasteiger partial charge in [-0.15, -0.1) is 0 Å². The molecular weight excluding hydrogens is 238 g/mol. The first-order valence-electron chi connectivity index (χ1n) is 7.12. The van der Waals surface area contributed by atoms with Gasteiger partial charge in [0.15, 0.2) is 0 Å². The first-order chi connectivity index (χ1) is 9.16. The Labute approximate surface area is 115 Å². The van der Waals surface area contributed by atoms with Gasteiger partial charge in [-0.05, 0) is 24.8 Å². The van der Waals surface area contributed by atoms with Gasteiger partial charge in [-0.25, -0.2) is 0 Å². The minimum Gasteiger partial charge on any atom is -0.371 e. The maximum Gasteiger partial charge on any atom is 0.222 e. The predicted molar refractivity (Wildman–Crippen MR) is 75.6 cm³/mol. The normalized spacial score (nSPS) is 22.7. The molecule has 19 heavy (non-hydrogen) atoms. The van der Waals surface area contributed by atoms with Crippen molar-refractivity contribution in [1.82, 2.24) is 5.32 Å². The van der Waals surface area contributed by atoms with Gasteiger partial charge in [0, 0.05) is 5.92 Å². The summed E-state index contributed by atoms with van der Waals surface area (Å²) in [6.45, 7) is 4.47. The van der Waals surface area contributed by atoms with Crippen LogP contribution in [0.2, 0.25) is 0 Å². The molecule has 0 radical (unpaired) electrons. The molecule has 1 amide bonds. The summed E-state index contributed by atoms with van der Waals surface area (Å²) in [5.74, 6) is 0.163. The molecule has 0 bridgehead atoms. The zero-order chi connectivity index (χ0) is 13.7. The van der Waals surface area contributed by atoms with Crippen LogP contribution in [0.5, 0.6) is 0 Å². The Morgan fingerprint density at radius 1 is 1.32 bits per heavy atom. The van der Waals surface area contributed by atoms with Gasteiger partial charge in [-0.2, -0.15) is 0 Å². The van der Waals surface area contributed by atoms with E-state index in [1.165, 1.54) is 5.56 Å². The largest absolute Gasteiger partial charge is 0.371 e. The topological polar surface area (TPSA) is 38.3 Å². The van der Waals surface area contributed by atoms with Gasteiger partial charge in [0.2, 0.25) is 5.91 Å². The van der Waals surface area contributed by atoms with Crippen LogP contribution in [0.1, 0.15) is 38.7 Å². The highest BCUT2D eigenvalue weighted by Crippen LogP contribution is 2.23. The van der Waals surface area contributed by atoms with Crippen molar-refractivity contribution in [3.63, 3.8) is 0 Å².